The Labute approximate surface area is 161 Å². The molecule has 6 nitrogen and oxygen atoms in total. The van der Waals surface area contributed by atoms with Crippen LogP contribution in [0.25, 0.3) is 0 Å². The minimum Gasteiger partial charge on any atom is -0.496 e. The fraction of sp³-hybridized carbons (Fsp3) is 0.619. The molecule has 148 valence electrons. The minimum absolute atomic E-state index is 0.0748. The standard InChI is InChI=1S/C21H30N2O4/c1-15-18(26-2)9-8-17(20(15)27-3)14-19(24)22-10-12-23(13-11-22)21(25)16-6-4-5-7-16/h8-9,16H,4-7,10-14H2,1-3H3. The van der Waals surface area contributed by atoms with Crippen molar-refractivity contribution in [2.45, 2.75) is 39.0 Å². The topological polar surface area (TPSA) is 59.1 Å². The Balaban J connectivity index is 1.58. The second kappa shape index (κ2) is 8.63. The molecule has 1 heterocycles. The van der Waals surface area contributed by atoms with Crippen LogP contribution in [0.4, 0.5) is 0 Å². The van der Waals surface area contributed by atoms with Crippen LogP contribution < -0.4 is 9.47 Å². The molecule has 3 rings (SSSR count). The van der Waals surface area contributed by atoms with Crippen LogP contribution in [0, 0.1) is 12.8 Å². The van der Waals surface area contributed by atoms with Crippen LogP contribution in [0.2, 0.25) is 0 Å². The van der Waals surface area contributed by atoms with Gasteiger partial charge in [0.2, 0.25) is 11.8 Å². The molecule has 2 fully saturated rings. The van der Waals surface area contributed by atoms with Gasteiger partial charge in [0.25, 0.3) is 0 Å². The molecule has 2 aliphatic rings. The molecular formula is C21H30N2O4. The van der Waals surface area contributed by atoms with Crippen molar-refractivity contribution in [1.29, 1.82) is 0 Å². The van der Waals surface area contributed by atoms with Crippen molar-refractivity contribution < 1.29 is 19.1 Å². The molecule has 1 aromatic rings. The van der Waals surface area contributed by atoms with Gasteiger partial charge in [0.1, 0.15) is 11.5 Å². The molecule has 27 heavy (non-hydrogen) atoms. The zero-order valence-electron chi connectivity index (χ0n) is 16.6. The van der Waals surface area contributed by atoms with E-state index in [-0.39, 0.29) is 17.7 Å². The van der Waals surface area contributed by atoms with Gasteiger partial charge in [-0.1, -0.05) is 18.9 Å². The minimum atomic E-state index is 0.0748. The maximum atomic E-state index is 12.8. The van der Waals surface area contributed by atoms with Crippen LogP contribution >= 0.6 is 0 Å². The smallest absolute Gasteiger partial charge is 0.227 e. The van der Waals surface area contributed by atoms with E-state index in [1.54, 1.807) is 14.2 Å². The lowest BCUT2D eigenvalue weighted by atomic mass is 10.0. The number of amides is 2. The summed E-state index contributed by atoms with van der Waals surface area (Å²) in [4.78, 5) is 29.1. The lowest BCUT2D eigenvalue weighted by Crippen LogP contribution is -2.52. The van der Waals surface area contributed by atoms with Gasteiger partial charge in [-0.25, -0.2) is 0 Å². The van der Waals surface area contributed by atoms with E-state index in [4.69, 9.17) is 9.47 Å². The Hall–Kier alpha value is -2.24. The fourth-order valence-corrected chi connectivity index (χ4v) is 4.26. The second-order valence-corrected chi connectivity index (χ2v) is 7.45. The molecule has 6 heteroatoms. The van der Waals surface area contributed by atoms with Gasteiger partial charge in [0, 0.05) is 43.2 Å². The average molecular weight is 374 g/mol. The first-order chi connectivity index (χ1) is 13.0. The lowest BCUT2D eigenvalue weighted by Gasteiger charge is -2.36. The molecule has 1 aromatic carbocycles. The monoisotopic (exact) mass is 374 g/mol. The Kier molecular flexibility index (Phi) is 6.24. The number of nitrogens with zero attached hydrogens (tertiary/aromatic N) is 2. The zero-order chi connectivity index (χ0) is 19.4. The number of methoxy groups -OCH3 is 2. The molecule has 0 spiro atoms. The van der Waals surface area contributed by atoms with Gasteiger partial charge in [0.05, 0.1) is 20.6 Å². The first-order valence-electron chi connectivity index (χ1n) is 9.82. The summed E-state index contributed by atoms with van der Waals surface area (Å²) < 4.78 is 10.8. The number of ether oxygens (including phenoxy) is 2. The third-order valence-corrected chi connectivity index (χ3v) is 5.85. The molecule has 0 N–H and O–H groups in total. The van der Waals surface area contributed by atoms with Gasteiger partial charge in [-0.3, -0.25) is 9.59 Å². The number of rotatable bonds is 5. The molecular weight excluding hydrogens is 344 g/mol. The van der Waals surface area contributed by atoms with Gasteiger partial charge < -0.3 is 19.3 Å². The zero-order valence-corrected chi connectivity index (χ0v) is 16.6. The van der Waals surface area contributed by atoms with E-state index < -0.39 is 0 Å². The van der Waals surface area contributed by atoms with Gasteiger partial charge >= 0.3 is 0 Å². The number of hydrogen-bond donors (Lipinski definition) is 0. The molecule has 2 amide bonds. The van der Waals surface area contributed by atoms with Crippen LogP contribution in [-0.4, -0.2) is 62.0 Å². The molecule has 1 saturated heterocycles. The van der Waals surface area contributed by atoms with Crippen molar-refractivity contribution in [3.05, 3.63) is 23.3 Å². The molecule has 1 aliphatic carbocycles. The highest BCUT2D eigenvalue weighted by Crippen LogP contribution is 2.32. The van der Waals surface area contributed by atoms with E-state index >= 15 is 0 Å². The molecule has 1 aliphatic heterocycles. The second-order valence-electron chi connectivity index (χ2n) is 7.45. The Morgan fingerprint density at radius 1 is 1.00 bits per heavy atom. The fourth-order valence-electron chi connectivity index (χ4n) is 4.26. The van der Waals surface area contributed by atoms with E-state index in [1.165, 1.54) is 0 Å². The number of piperazine rings is 1. The van der Waals surface area contributed by atoms with Gasteiger partial charge in [-0.05, 0) is 25.8 Å². The van der Waals surface area contributed by atoms with Crippen LogP contribution in [-0.2, 0) is 16.0 Å². The summed E-state index contributed by atoms with van der Waals surface area (Å²) in [5.41, 5.74) is 1.77. The van der Waals surface area contributed by atoms with E-state index in [2.05, 4.69) is 0 Å². The van der Waals surface area contributed by atoms with Gasteiger partial charge in [-0.15, -0.1) is 0 Å². The largest absolute Gasteiger partial charge is 0.496 e. The molecule has 0 atom stereocenters. The summed E-state index contributed by atoms with van der Waals surface area (Å²) in [5, 5.41) is 0. The molecule has 0 radical (unpaired) electrons. The molecule has 1 saturated carbocycles. The van der Waals surface area contributed by atoms with E-state index in [0.717, 1.165) is 42.6 Å². The summed E-state index contributed by atoms with van der Waals surface area (Å²) >= 11 is 0. The van der Waals surface area contributed by atoms with Crippen LogP contribution in [0.1, 0.15) is 36.8 Å². The number of carbonyl (C=O) groups excluding carboxylic acids is 2. The number of hydrogen-bond acceptors (Lipinski definition) is 4. The maximum Gasteiger partial charge on any atom is 0.227 e. The van der Waals surface area contributed by atoms with Gasteiger partial charge in [-0.2, -0.15) is 0 Å². The quantitative estimate of drug-likeness (QED) is 0.794. The van der Waals surface area contributed by atoms with Crippen LogP contribution in [0.3, 0.4) is 0 Å². The Bertz CT molecular complexity index is 690. The highest BCUT2D eigenvalue weighted by molar-refractivity contribution is 5.81. The van der Waals surface area contributed by atoms with Crippen molar-refractivity contribution in [2.24, 2.45) is 5.92 Å². The first-order valence-corrected chi connectivity index (χ1v) is 9.82. The third-order valence-electron chi connectivity index (χ3n) is 5.85. The average Bonchev–Trinajstić information content (AvgIpc) is 3.23. The molecule has 0 aromatic heterocycles. The van der Waals surface area contributed by atoms with Crippen molar-refractivity contribution in [1.82, 2.24) is 9.80 Å². The van der Waals surface area contributed by atoms with Crippen molar-refractivity contribution in [2.75, 3.05) is 40.4 Å². The normalized spacial score (nSPS) is 17.9. The van der Waals surface area contributed by atoms with Crippen LogP contribution in [0.5, 0.6) is 11.5 Å². The third kappa shape index (κ3) is 4.20. The predicted molar refractivity (Wildman–Crippen MR) is 103 cm³/mol. The van der Waals surface area contributed by atoms with Gasteiger partial charge in [0.15, 0.2) is 0 Å². The number of benzene rings is 1. The van der Waals surface area contributed by atoms with Crippen molar-refractivity contribution in [3.63, 3.8) is 0 Å². The van der Waals surface area contributed by atoms with Crippen molar-refractivity contribution in [3.8, 4) is 11.5 Å². The Morgan fingerprint density at radius 3 is 2.22 bits per heavy atom. The molecule has 0 unspecified atom stereocenters. The Morgan fingerprint density at radius 2 is 1.63 bits per heavy atom. The summed E-state index contributed by atoms with van der Waals surface area (Å²) in [7, 11) is 3.24. The summed E-state index contributed by atoms with van der Waals surface area (Å²) in [6, 6.07) is 3.76. The van der Waals surface area contributed by atoms with Crippen LogP contribution in [0.15, 0.2) is 12.1 Å². The van der Waals surface area contributed by atoms with Crippen molar-refractivity contribution >= 4 is 11.8 Å². The predicted octanol–water partition coefficient (Wildman–Crippen LogP) is 2.42. The maximum absolute atomic E-state index is 12.8. The highest BCUT2D eigenvalue weighted by Gasteiger charge is 2.30. The van der Waals surface area contributed by atoms with E-state index in [9.17, 15) is 9.59 Å². The SMILES string of the molecule is COc1ccc(CC(=O)N2CCN(C(=O)C3CCCC3)CC2)c(OC)c1C. The highest BCUT2D eigenvalue weighted by atomic mass is 16.5. The lowest BCUT2D eigenvalue weighted by molar-refractivity contribution is -0.141. The molecule has 0 bridgehead atoms. The first kappa shape index (κ1) is 19.5. The summed E-state index contributed by atoms with van der Waals surface area (Å²) in [5.74, 6) is 2.02. The van der Waals surface area contributed by atoms with E-state index in [0.29, 0.717) is 38.3 Å². The summed E-state index contributed by atoms with van der Waals surface area (Å²) in [6.07, 6.45) is 4.67. The summed E-state index contributed by atoms with van der Waals surface area (Å²) in [6.45, 7) is 4.42. The number of carbonyl (C=O) groups is 2. The van der Waals surface area contributed by atoms with E-state index in [1.807, 2.05) is 28.9 Å².